The third-order valence-electron chi connectivity index (χ3n) is 7.17. The molecule has 3 nitrogen and oxygen atoms in total. The van der Waals surface area contributed by atoms with Gasteiger partial charge in [0, 0.05) is 0 Å². The van der Waals surface area contributed by atoms with Crippen molar-refractivity contribution in [1.29, 1.82) is 0 Å². The minimum Gasteiger partial charge on any atom is -0.462 e. The Kier molecular flexibility index (Phi) is 6.12. The zero-order valence-electron chi connectivity index (χ0n) is 16.5. The standard InChI is InChI=1S/C19H28F6O3/c1-5-16(4,10(2)3)15(26)28-14-8-11-6-12(14)7-13(11)9-17(27,18(20,21)22)19(23,24)25/h10-14,27H,5-9H2,1-4H3. The third kappa shape index (κ3) is 3.87. The van der Waals surface area contributed by atoms with Gasteiger partial charge < -0.3 is 9.84 Å². The molecule has 0 heterocycles. The summed E-state index contributed by atoms with van der Waals surface area (Å²) in [6, 6.07) is 0. The first-order valence-electron chi connectivity index (χ1n) is 9.63. The van der Waals surface area contributed by atoms with Crippen LogP contribution in [0.1, 0.15) is 59.8 Å². The summed E-state index contributed by atoms with van der Waals surface area (Å²) in [5.41, 5.74) is -5.40. The summed E-state index contributed by atoms with van der Waals surface area (Å²) in [5.74, 6) is -1.94. The highest BCUT2D eigenvalue weighted by Gasteiger charge is 2.71. The Morgan fingerprint density at radius 2 is 1.57 bits per heavy atom. The lowest BCUT2D eigenvalue weighted by molar-refractivity contribution is -0.373. The molecular formula is C19H28F6O3. The van der Waals surface area contributed by atoms with Gasteiger partial charge in [-0.3, -0.25) is 4.79 Å². The molecule has 0 aliphatic heterocycles. The molecule has 0 aromatic rings. The zero-order valence-corrected chi connectivity index (χ0v) is 16.5. The first-order valence-corrected chi connectivity index (χ1v) is 9.63. The Hall–Kier alpha value is -0.990. The van der Waals surface area contributed by atoms with E-state index in [0.717, 1.165) is 0 Å². The number of carbonyl (C=O) groups is 1. The van der Waals surface area contributed by atoms with Crippen molar-refractivity contribution in [2.24, 2.45) is 29.1 Å². The molecule has 0 aromatic carbocycles. The Balaban J connectivity index is 2.05. The number of hydrogen-bond donors (Lipinski definition) is 1. The molecule has 2 aliphatic carbocycles. The number of carbonyl (C=O) groups excluding carboxylic acids is 1. The maximum absolute atomic E-state index is 13.0. The van der Waals surface area contributed by atoms with Crippen LogP contribution < -0.4 is 0 Å². The van der Waals surface area contributed by atoms with Crippen LogP contribution in [0.3, 0.4) is 0 Å². The van der Waals surface area contributed by atoms with Crippen molar-refractivity contribution < 1.29 is 41.0 Å². The predicted octanol–water partition coefficient (Wildman–Crippen LogP) is 5.26. The van der Waals surface area contributed by atoms with Crippen molar-refractivity contribution in [3.8, 4) is 0 Å². The fourth-order valence-electron chi connectivity index (χ4n) is 4.57. The molecule has 2 saturated carbocycles. The van der Waals surface area contributed by atoms with Gasteiger partial charge >= 0.3 is 18.3 Å². The normalized spacial score (nSPS) is 30.6. The SMILES string of the molecule is CCC(C)(C(=O)OC1CC2CC1CC2CC(O)(C(F)(F)F)C(F)(F)F)C(C)C. The average Bonchev–Trinajstić information content (AvgIpc) is 3.11. The fraction of sp³-hybridized carbons (Fsp3) is 0.947. The van der Waals surface area contributed by atoms with Crippen molar-refractivity contribution in [3.63, 3.8) is 0 Å². The lowest BCUT2D eigenvalue weighted by Crippen LogP contribution is -2.58. The second kappa shape index (κ2) is 7.36. The monoisotopic (exact) mass is 418 g/mol. The molecule has 0 spiro atoms. The van der Waals surface area contributed by atoms with Gasteiger partial charge in [0.25, 0.3) is 5.60 Å². The van der Waals surface area contributed by atoms with Crippen LogP contribution in [0.4, 0.5) is 26.3 Å². The second-order valence-corrected chi connectivity index (χ2v) is 8.92. The fourth-order valence-corrected chi connectivity index (χ4v) is 4.57. The number of fused-ring (bicyclic) bond motifs is 2. The van der Waals surface area contributed by atoms with Gasteiger partial charge in [-0.05, 0) is 62.7 Å². The second-order valence-electron chi connectivity index (χ2n) is 8.92. The van der Waals surface area contributed by atoms with E-state index >= 15 is 0 Å². The van der Waals surface area contributed by atoms with Gasteiger partial charge in [-0.1, -0.05) is 20.8 Å². The van der Waals surface area contributed by atoms with E-state index in [-0.39, 0.29) is 30.6 Å². The number of alkyl halides is 6. The van der Waals surface area contributed by atoms with E-state index in [4.69, 9.17) is 4.74 Å². The Labute approximate surface area is 160 Å². The van der Waals surface area contributed by atoms with Crippen LogP contribution in [-0.2, 0) is 9.53 Å². The van der Waals surface area contributed by atoms with E-state index in [2.05, 4.69) is 0 Å². The van der Waals surface area contributed by atoms with Crippen LogP contribution >= 0.6 is 0 Å². The first-order chi connectivity index (χ1) is 12.6. The predicted molar refractivity (Wildman–Crippen MR) is 89.1 cm³/mol. The van der Waals surface area contributed by atoms with E-state index in [1.54, 1.807) is 6.92 Å². The summed E-state index contributed by atoms with van der Waals surface area (Å²) >= 11 is 0. The van der Waals surface area contributed by atoms with Crippen molar-refractivity contribution >= 4 is 5.97 Å². The molecule has 0 saturated heterocycles. The molecule has 28 heavy (non-hydrogen) atoms. The quantitative estimate of drug-likeness (QED) is 0.473. The summed E-state index contributed by atoms with van der Waals surface area (Å²) < 4.78 is 83.3. The first kappa shape index (κ1) is 23.3. The van der Waals surface area contributed by atoms with Crippen LogP contribution in [0.15, 0.2) is 0 Å². The van der Waals surface area contributed by atoms with Crippen LogP contribution in [0.5, 0.6) is 0 Å². The Morgan fingerprint density at radius 1 is 1.04 bits per heavy atom. The molecule has 5 atom stereocenters. The van der Waals surface area contributed by atoms with E-state index in [1.807, 2.05) is 20.8 Å². The maximum Gasteiger partial charge on any atom is 0.426 e. The largest absolute Gasteiger partial charge is 0.462 e. The smallest absolute Gasteiger partial charge is 0.426 e. The molecule has 0 radical (unpaired) electrons. The van der Waals surface area contributed by atoms with E-state index in [0.29, 0.717) is 12.8 Å². The number of hydrogen-bond acceptors (Lipinski definition) is 3. The van der Waals surface area contributed by atoms with Gasteiger partial charge in [-0.2, -0.15) is 26.3 Å². The van der Waals surface area contributed by atoms with Crippen LogP contribution in [-0.4, -0.2) is 35.1 Å². The Bertz CT molecular complexity index is 571. The summed E-state index contributed by atoms with van der Waals surface area (Å²) in [7, 11) is 0. The number of aliphatic hydroxyl groups is 1. The van der Waals surface area contributed by atoms with Gasteiger partial charge in [-0.15, -0.1) is 0 Å². The van der Waals surface area contributed by atoms with Gasteiger partial charge in [0.05, 0.1) is 5.41 Å². The highest BCUT2D eigenvalue weighted by Crippen LogP contribution is 2.56. The number of esters is 1. The zero-order chi connectivity index (χ0) is 21.7. The minimum atomic E-state index is -5.79. The minimum absolute atomic E-state index is 0.0323. The number of halogens is 6. The Morgan fingerprint density at radius 3 is 1.93 bits per heavy atom. The summed E-state index contributed by atoms with van der Waals surface area (Å²) in [4.78, 5) is 12.6. The van der Waals surface area contributed by atoms with Gasteiger partial charge in [0.1, 0.15) is 6.10 Å². The van der Waals surface area contributed by atoms with E-state index in [1.165, 1.54) is 0 Å². The van der Waals surface area contributed by atoms with Gasteiger partial charge in [-0.25, -0.2) is 0 Å². The van der Waals surface area contributed by atoms with Crippen LogP contribution in [0.25, 0.3) is 0 Å². The third-order valence-corrected chi connectivity index (χ3v) is 7.17. The molecule has 1 N–H and O–H groups in total. The van der Waals surface area contributed by atoms with Crippen LogP contribution in [0, 0.1) is 29.1 Å². The molecule has 2 rings (SSSR count). The molecule has 9 heteroatoms. The van der Waals surface area contributed by atoms with Crippen LogP contribution in [0.2, 0.25) is 0 Å². The van der Waals surface area contributed by atoms with Gasteiger partial charge in [0.2, 0.25) is 0 Å². The molecule has 2 bridgehead atoms. The number of ether oxygens (including phenoxy) is 1. The lowest BCUT2D eigenvalue weighted by atomic mass is 9.76. The highest BCUT2D eigenvalue weighted by atomic mass is 19.4. The molecule has 164 valence electrons. The molecule has 5 unspecified atom stereocenters. The highest BCUT2D eigenvalue weighted by molar-refractivity contribution is 5.76. The molecule has 2 fully saturated rings. The van der Waals surface area contributed by atoms with Gasteiger partial charge in [0.15, 0.2) is 0 Å². The lowest BCUT2D eigenvalue weighted by Gasteiger charge is -2.38. The molecule has 2 aliphatic rings. The van der Waals surface area contributed by atoms with Crippen molar-refractivity contribution in [2.45, 2.75) is 83.9 Å². The topological polar surface area (TPSA) is 46.5 Å². The maximum atomic E-state index is 13.0. The van der Waals surface area contributed by atoms with E-state index < -0.39 is 47.7 Å². The van der Waals surface area contributed by atoms with Crippen molar-refractivity contribution in [2.75, 3.05) is 0 Å². The summed E-state index contributed by atoms with van der Waals surface area (Å²) in [6.07, 6.45) is -12.2. The molecular weight excluding hydrogens is 390 g/mol. The molecule has 0 amide bonds. The van der Waals surface area contributed by atoms with Crippen molar-refractivity contribution in [3.05, 3.63) is 0 Å². The molecule has 0 aromatic heterocycles. The van der Waals surface area contributed by atoms with E-state index in [9.17, 15) is 36.2 Å². The average molecular weight is 418 g/mol. The summed E-state index contributed by atoms with van der Waals surface area (Å²) in [6.45, 7) is 7.46. The van der Waals surface area contributed by atoms with Crippen molar-refractivity contribution in [1.82, 2.24) is 0 Å². The summed E-state index contributed by atoms with van der Waals surface area (Å²) in [5, 5.41) is 9.45. The number of rotatable bonds is 6.